The first-order valence-corrected chi connectivity index (χ1v) is 7.70. The van der Waals surface area contributed by atoms with Gasteiger partial charge in [0.05, 0.1) is 39.0 Å². The lowest BCUT2D eigenvalue weighted by molar-refractivity contribution is -0.904. The Labute approximate surface area is 107 Å². The molecule has 0 saturated heterocycles. The lowest BCUT2D eigenvalue weighted by Crippen LogP contribution is -2.42. The van der Waals surface area contributed by atoms with Crippen LogP contribution in [0.15, 0.2) is 12.7 Å². The molecule has 0 amide bonds. The highest BCUT2D eigenvalue weighted by Crippen LogP contribution is 1.97. The van der Waals surface area contributed by atoms with Crippen LogP contribution in [-0.2, 0) is 14.3 Å². The second-order valence-corrected chi connectivity index (χ2v) is 5.92. The van der Waals surface area contributed by atoms with Crippen LogP contribution in [0.5, 0.6) is 0 Å². The molecule has 0 unspecified atom stereocenters. The summed E-state index contributed by atoms with van der Waals surface area (Å²) in [5, 5.41) is 0. The number of rotatable bonds is 7. The summed E-state index contributed by atoms with van der Waals surface area (Å²) in [7, 11) is -0.961. The second kappa shape index (κ2) is 9.62. The van der Waals surface area contributed by atoms with Crippen molar-refractivity contribution in [1.29, 1.82) is 0 Å². The molecule has 0 spiro atoms. The lowest BCUT2D eigenvalue weighted by atomic mass is 10.4. The van der Waals surface area contributed by atoms with Crippen LogP contribution in [0.25, 0.3) is 0 Å². The SMILES string of the molecule is C=CCOS(=O)(=O)CC.CC[N+](C)(CC)CC. The van der Waals surface area contributed by atoms with E-state index in [2.05, 4.69) is 38.6 Å². The first-order chi connectivity index (χ1) is 7.80. The number of hydrogen-bond donors (Lipinski definition) is 0. The van der Waals surface area contributed by atoms with E-state index in [0.717, 1.165) is 0 Å². The van der Waals surface area contributed by atoms with Gasteiger partial charge in [0.15, 0.2) is 0 Å². The minimum absolute atomic E-state index is 0.0147. The van der Waals surface area contributed by atoms with E-state index >= 15 is 0 Å². The van der Waals surface area contributed by atoms with Crippen molar-refractivity contribution in [3.8, 4) is 0 Å². The Hall–Kier alpha value is -0.390. The summed E-state index contributed by atoms with van der Waals surface area (Å²) in [6.45, 7) is 15.4. The summed E-state index contributed by atoms with van der Waals surface area (Å²) >= 11 is 0. The van der Waals surface area contributed by atoms with E-state index in [1.54, 1.807) is 0 Å². The Morgan fingerprint density at radius 1 is 1.12 bits per heavy atom. The van der Waals surface area contributed by atoms with E-state index in [0.29, 0.717) is 0 Å². The van der Waals surface area contributed by atoms with Gasteiger partial charge < -0.3 is 4.48 Å². The standard InChI is InChI=1S/C7H18N.C5H10O3S/c1-5-8(4,6-2)7-3;1-3-5-8-9(6,7)4-2/h5-7H2,1-4H3;3H,1,4-5H2,2H3/q+1;. The van der Waals surface area contributed by atoms with Gasteiger partial charge in [0, 0.05) is 0 Å². The molecule has 0 rings (SSSR count). The molecular weight excluding hydrogens is 238 g/mol. The number of nitrogens with zero attached hydrogens (tertiary/aromatic N) is 1. The molecule has 0 bridgehead atoms. The molecule has 0 N–H and O–H groups in total. The van der Waals surface area contributed by atoms with Crippen molar-refractivity contribution >= 4 is 10.1 Å². The van der Waals surface area contributed by atoms with Crippen LogP contribution in [-0.4, -0.2) is 51.9 Å². The van der Waals surface area contributed by atoms with Gasteiger partial charge in [-0.1, -0.05) is 6.08 Å². The first-order valence-electron chi connectivity index (χ1n) is 6.12. The first kappa shape index (κ1) is 19.0. The molecule has 0 fully saturated rings. The van der Waals surface area contributed by atoms with Gasteiger partial charge in [0.1, 0.15) is 0 Å². The van der Waals surface area contributed by atoms with Crippen LogP contribution in [0, 0.1) is 0 Å². The predicted octanol–water partition coefficient (Wildman–Crippen LogP) is 2.03. The fraction of sp³-hybridized carbons (Fsp3) is 0.833. The summed E-state index contributed by atoms with van der Waals surface area (Å²) in [6.07, 6.45) is 1.40. The molecule has 0 aliphatic carbocycles. The molecule has 0 aliphatic heterocycles. The minimum Gasteiger partial charge on any atom is -0.327 e. The van der Waals surface area contributed by atoms with Gasteiger partial charge in [-0.3, -0.25) is 4.18 Å². The van der Waals surface area contributed by atoms with Crippen molar-refractivity contribution in [3.63, 3.8) is 0 Å². The monoisotopic (exact) mass is 266 g/mol. The third kappa shape index (κ3) is 10.5. The van der Waals surface area contributed by atoms with Crippen LogP contribution in [0.2, 0.25) is 0 Å². The molecule has 5 heteroatoms. The van der Waals surface area contributed by atoms with Gasteiger partial charge in [-0.05, 0) is 27.7 Å². The quantitative estimate of drug-likeness (QED) is 0.402. The molecule has 0 heterocycles. The molecule has 0 aromatic carbocycles. The highest BCUT2D eigenvalue weighted by atomic mass is 32.2. The van der Waals surface area contributed by atoms with Crippen LogP contribution in [0.4, 0.5) is 0 Å². The van der Waals surface area contributed by atoms with Crippen molar-refractivity contribution in [2.45, 2.75) is 27.7 Å². The van der Waals surface area contributed by atoms with E-state index in [4.69, 9.17) is 0 Å². The Balaban J connectivity index is 0. The van der Waals surface area contributed by atoms with Crippen LogP contribution < -0.4 is 0 Å². The molecule has 17 heavy (non-hydrogen) atoms. The summed E-state index contributed by atoms with van der Waals surface area (Å²) in [6, 6.07) is 0. The Bertz CT molecular complexity index is 274. The van der Waals surface area contributed by atoms with Crippen molar-refractivity contribution in [2.24, 2.45) is 0 Å². The normalized spacial score (nSPS) is 11.6. The van der Waals surface area contributed by atoms with Gasteiger partial charge >= 0.3 is 0 Å². The maximum atomic E-state index is 10.5. The Kier molecular flexibility index (Phi) is 10.7. The Morgan fingerprint density at radius 3 is 1.71 bits per heavy atom. The molecule has 0 aromatic rings. The molecule has 0 atom stereocenters. The van der Waals surface area contributed by atoms with Gasteiger partial charge in [-0.2, -0.15) is 8.42 Å². The summed E-state index contributed by atoms with van der Waals surface area (Å²) in [5.74, 6) is 0.0147. The molecule has 0 aliphatic rings. The van der Waals surface area contributed by atoms with Crippen LogP contribution in [0.3, 0.4) is 0 Å². The summed E-state index contributed by atoms with van der Waals surface area (Å²) in [5.41, 5.74) is 0. The van der Waals surface area contributed by atoms with E-state index in [9.17, 15) is 8.42 Å². The third-order valence-electron chi connectivity index (χ3n) is 3.01. The second-order valence-electron chi connectivity index (χ2n) is 3.99. The van der Waals surface area contributed by atoms with Crippen molar-refractivity contribution in [3.05, 3.63) is 12.7 Å². The molecule has 0 saturated carbocycles. The molecule has 4 nitrogen and oxygen atoms in total. The zero-order valence-electron chi connectivity index (χ0n) is 11.9. The van der Waals surface area contributed by atoms with Crippen molar-refractivity contribution in [2.75, 3.05) is 39.0 Å². The summed E-state index contributed by atoms with van der Waals surface area (Å²) in [4.78, 5) is 0. The van der Waals surface area contributed by atoms with E-state index < -0.39 is 10.1 Å². The lowest BCUT2D eigenvalue weighted by Gasteiger charge is -2.30. The average molecular weight is 266 g/mol. The van der Waals surface area contributed by atoms with Crippen molar-refractivity contribution in [1.82, 2.24) is 0 Å². The average Bonchev–Trinajstić information content (AvgIpc) is 2.36. The molecular formula is C12H28NO3S+. The van der Waals surface area contributed by atoms with Crippen LogP contribution >= 0.6 is 0 Å². The summed E-state index contributed by atoms with van der Waals surface area (Å²) < 4.78 is 26.6. The largest absolute Gasteiger partial charge is 0.327 e. The molecule has 0 radical (unpaired) electrons. The van der Waals surface area contributed by atoms with Crippen LogP contribution in [0.1, 0.15) is 27.7 Å². The zero-order valence-corrected chi connectivity index (χ0v) is 12.7. The van der Waals surface area contributed by atoms with Gasteiger partial charge in [0.2, 0.25) is 0 Å². The van der Waals surface area contributed by atoms with Gasteiger partial charge in [-0.25, -0.2) is 0 Å². The van der Waals surface area contributed by atoms with E-state index in [-0.39, 0.29) is 12.4 Å². The number of hydrogen-bond acceptors (Lipinski definition) is 3. The minimum atomic E-state index is -3.25. The zero-order chi connectivity index (χ0) is 13.9. The topological polar surface area (TPSA) is 43.4 Å². The third-order valence-corrected chi connectivity index (χ3v) is 4.21. The smallest absolute Gasteiger partial charge is 0.267 e. The highest BCUT2D eigenvalue weighted by molar-refractivity contribution is 7.86. The van der Waals surface area contributed by atoms with Crippen molar-refractivity contribution < 1.29 is 17.1 Å². The fourth-order valence-electron chi connectivity index (χ4n) is 0.906. The highest BCUT2D eigenvalue weighted by Gasteiger charge is 2.10. The number of quaternary nitrogens is 1. The fourth-order valence-corrected chi connectivity index (χ4v) is 1.38. The van der Waals surface area contributed by atoms with Gasteiger partial charge in [0.25, 0.3) is 10.1 Å². The van der Waals surface area contributed by atoms with E-state index in [1.165, 1.54) is 37.1 Å². The molecule has 104 valence electrons. The Morgan fingerprint density at radius 2 is 1.53 bits per heavy atom. The maximum Gasteiger partial charge on any atom is 0.267 e. The van der Waals surface area contributed by atoms with Gasteiger partial charge in [-0.15, -0.1) is 6.58 Å². The molecule has 0 aromatic heterocycles. The van der Waals surface area contributed by atoms with E-state index in [1.807, 2.05) is 0 Å². The predicted molar refractivity (Wildman–Crippen MR) is 73.4 cm³/mol. The maximum absolute atomic E-state index is 10.5.